The van der Waals surface area contributed by atoms with Crippen molar-refractivity contribution in [3.05, 3.63) is 17.5 Å². The maximum Gasteiger partial charge on any atom is 0.274 e. The standard InChI is InChI=1S/C19H31N3O3/c1-19(2,3)22-17(14-5-6-14)13-16(20-22)18(24)21-9-7-15(8-10-21)25-12-4-11-23/h13-15,23H,4-12H2,1-3H3. The molecule has 1 aliphatic heterocycles. The minimum atomic E-state index is -0.107. The summed E-state index contributed by atoms with van der Waals surface area (Å²) in [7, 11) is 0. The molecule has 25 heavy (non-hydrogen) atoms. The molecule has 0 unspecified atom stereocenters. The van der Waals surface area contributed by atoms with Gasteiger partial charge in [0.05, 0.1) is 11.6 Å². The van der Waals surface area contributed by atoms with Gasteiger partial charge in [0, 0.05) is 37.9 Å². The van der Waals surface area contributed by atoms with Crippen LogP contribution in [0.5, 0.6) is 0 Å². The van der Waals surface area contributed by atoms with Gasteiger partial charge in [-0.15, -0.1) is 0 Å². The van der Waals surface area contributed by atoms with Gasteiger partial charge in [-0.05, 0) is 58.9 Å². The molecule has 1 saturated carbocycles. The number of carbonyl (C=O) groups excluding carboxylic acids is 1. The van der Waals surface area contributed by atoms with Crippen molar-refractivity contribution < 1.29 is 14.6 Å². The van der Waals surface area contributed by atoms with Crippen molar-refractivity contribution in [2.45, 2.75) is 70.4 Å². The first-order chi connectivity index (χ1) is 11.9. The van der Waals surface area contributed by atoms with Crippen molar-refractivity contribution in [3.63, 3.8) is 0 Å². The lowest BCUT2D eigenvalue weighted by molar-refractivity contribution is 0.00381. The van der Waals surface area contributed by atoms with E-state index in [-0.39, 0.29) is 24.2 Å². The van der Waals surface area contributed by atoms with Crippen molar-refractivity contribution >= 4 is 5.91 Å². The third kappa shape index (κ3) is 4.42. The Balaban J connectivity index is 1.62. The zero-order chi connectivity index (χ0) is 18.0. The Bertz CT molecular complexity index is 594. The van der Waals surface area contributed by atoms with Crippen LogP contribution in [-0.2, 0) is 10.3 Å². The molecule has 0 spiro atoms. The van der Waals surface area contributed by atoms with Gasteiger partial charge >= 0.3 is 0 Å². The van der Waals surface area contributed by atoms with E-state index in [0.717, 1.165) is 12.8 Å². The molecule has 1 aromatic heterocycles. The number of nitrogens with zero attached hydrogens (tertiary/aromatic N) is 3. The van der Waals surface area contributed by atoms with Gasteiger partial charge in [0.2, 0.25) is 0 Å². The molecule has 140 valence electrons. The summed E-state index contributed by atoms with van der Waals surface area (Å²) in [5, 5.41) is 13.5. The van der Waals surface area contributed by atoms with Crippen LogP contribution in [0.3, 0.4) is 0 Å². The monoisotopic (exact) mass is 349 g/mol. The lowest BCUT2D eigenvalue weighted by Gasteiger charge is -2.31. The fraction of sp³-hybridized carbons (Fsp3) is 0.789. The number of aliphatic hydroxyl groups excluding tert-OH is 1. The smallest absolute Gasteiger partial charge is 0.274 e. The van der Waals surface area contributed by atoms with Gasteiger partial charge in [-0.25, -0.2) is 0 Å². The van der Waals surface area contributed by atoms with Gasteiger partial charge in [-0.1, -0.05) is 0 Å². The zero-order valence-electron chi connectivity index (χ0n) is 15.7. The first-order valence-corrected chi connectivity index (χ1v) is 9.52. The van der Waals surface area contributed by atoms with E-state index in [1.165, 1.54) is 18.5 Å². The number of piperidine rings is 1. The molecule has 0 radical (unpaired) electrons. The molecule has 6 heteroatoms. The highest BCUT2D eigenvalue weighted by Gasteiger charge is 2.34. The number of aromatic nitrogens is 2. The van der Waals surface area contributed by atoms with E-state index in [1.807, 2.05) is 15.6 Å². The number of likely N-dealkylation sites (tertiary alicyclic amines) is 1. The summed E-state index contributed by atoms with van der Waals surface area (Å²) < 4.78 is 7.79. The number of aliphatic hydroxyl groups is 1. The Morgan fingerprint density at radius 2 is 1.96 bits per heavy atom. The van der Waals surface area contributed by atoms with E-state index < -0.39 is 0 Å². The van der Waals surface area contributed by atoms with Gasteiger partial charge in [0.15, 0.2) is 5.69 Å². The van der Waals surface area contributed by atoms with Gasteiger partial charge in [-0.2, -0.15) is 5.10 Å². The normalized spacial score (nSPS) is 19.4. The molecule has 3 rings (SSSR count). The first-order valence-electron chi connectivity index (χ1n) is 9.52. The predicted octanol–water partition coefficient (Wildman–Crippen LogP) is 2.52. The highest BCUT2D eigenvalue weighted by atomic mass is 16.5. The Morgan fingerprint density at radius 1 is 1.28 bits per heavy atom. The minimum absolute atomic E-state index is 0.0405. The Labute approximate surface area is 150 Å². The molecule has 0 aromatic carbocycles. The summed E-state index contributed by atoms with van der Waals surface area (Å²) in [6.45, 7) is 8.58. The Morgan fingerprint density at radius 3 is 2.52 bits per heavy atom. The maximum absolute atomic E-state index is 12.9. The van der Waals surface area contributed by atoms with Crippen LogP contribution < -0.4 is 0 Å². The second kappa shape index (κ2) is 7.46. The molecule has 2 aliphatic rings. The van der Waals surface area contributed by atoms with Crippen LogP contribution in [0.25, 0.3) is 0 Å². The van der Waals surface area contributed by atoms with Crippen molar-refractivity contribution in [3.8, 4) is 0 Å². The Hall–Kier alpha value is -1.40. The number of carbonyl (C=O) groups is 1. The number of hydrogen-bond acceptors (Lipinski definition) is 4. The summed E-state index contributed by atoms with van der Waals surface area (Å²) in [5.41, 5.74) is 1.68. The lowest BCUT2D eigenvalue weighted by atomic mass is 10.1. The minimum Gasteiger partial charge on any atom is -0.396 e. The van der Waals surface area contributed by atoms with Gasteiger partial charge in [-0.3, -0.25) is 9.48 Å². The van der Waals surface area contributed by atoms with Crippen molar-refractivity contribution in [1.82, 2.24) is 14.7 Å². The molecular formula is C19H31N3O3. The second-order valence-corrected chi connectivity index (χ2v) is 8.25. The van der Waals surface area contributed by atoms with Crippen molar-refractivity contribution in [2.75, 3.05) is 26.3 Å². The average molecular weight is 349 g/mol. The van der Waals surface area contributed by atoms with Crippen LogP contribution in [-0.4, -0.2) is 58.1 Å². The summed E-state index contributed by atoms with van der Waals surface area (Å²) in [6, 6.07) is 2.01. The van der Waals surface area contributed by atoms with Crippen LogP contribution in [0.4, 0.5) is 0 Å². The number of rotatable bonds is 6. The molecule has 0 atom stereocenters. The van der Waals surface area contributed by atoms with Crippen LogP contribution >= 0.6 is 0 Å². The van der Waals surface area contributed by atoms with Gasteiger partial charge < -0.3 is 14.7 Å². The fourth-order valence-electron chi connectivity index (χ4n) is 3.41. The van der Waals surface area contributed by atoms with Crippen molar-refractivity contribution in [2.24, 2.45) is 0 Å². The highest BCUT2D eigenvalue weighted by Crippen LogP contribution is 2.41. The van der Waals surface area contributed by atoms with E-state index >= 15 is 0 Å². The lowest BCUT2D eigenvalue weighted by Crippen LogP contribution is -2.41. The SMILES string of the molecule is CC(C)(C)n1nc(C(=O)N2CCC(OCCCO)CC2)cc1C1CC1. The average Bonchev–Trinajstić information content (AvgIpc) is 3.32. The van der Waals surface area contributed by atoms with E-state index in [2.05, 4.69) is 25.9 Å². The summed E-state index contributed by atoms with van der Waals surface area (Å²) in [6.07, 6.45) is 4.98. The predicted molar refractivity (Wildman–Crippen MR) is 95.8 cm³/mol. The van der Waals surface area contributed by atoms with E-state index in [1.54, 1.807) is 0 Å². The third-order valence-corrected chi connectivity index (χ3v) is 4.97. The summed E-state index contributed by atoms with van der Waals surface area (Å²) >= 11 is 0. The highest BCUT2D eigenvalue weighted by molar-refractivity contribution is 5.92. The van der Waals surface area contributed by atoms with Crippen LogP contribution in [0, 0.1) is 0 Å². The Kier molecular flexibility index (Phi) is 5.49. The molecule has 1 amide bonds. The quantitative estimate of drug-likeness (QED) is 0.802. The molecule has 2 fully saturated rings. The largest absolute Gasteiger partial charge is 0.396 e. The molecule has 1 aromatic rings. The second-order valence-electron chi connectivity index (χ2n) is 8.25. The van der Waals surface area contributed by atoms with Gasteiger partial charge in [0.1, 0.15) is 0 Å². The number of ether oxygens (including phenoxy) is 1. The number of amides is 1. The maximum atomic E-state index is 12.9. The first kappa shape index (κ1) is 18.4. The fourth-order valence-corrected chi connectivity index (χ4v) is 3.41. The van der Waals surface area contributed by atoms with Gasteiger partial charge in [0.25, 0.3) is 5.91 Å². The molecule has 0 bridgehead atoms. The summed E-state index contributed by atoms with van der Waals surface area (Å²) in [4.78, 5) is 14.8. The van der Waals surface area contributed by atoms with Crippen LogP contribution in [0.1, 0.15) is 75.0 Å². The topological polar surface area (TPSA) is 67.6 Å². The van der Waals surface area contributed by atoms with Crippen LogP contribution in [0.2, 0.25) is 0 Å². The number of hydrogen-bond donors (Lipinski definition) is 1. The molecule has 1 N–H and O–H groups in total. The third-order valence-electron chi connectivity index (χ3n) is 4.97. The van der Waals surface area contributed by atoms with Crippen molar-refractivity contribution in [1.29, 1.82) is 0 Å². The molecule has 1 saturated heterocycles. The molecule has 1 aliphatic carbocycles. The van der Waals surface area contributed by atoms with Crippen LogP contribution in [0.15, 0.2) is 6.07 Å². The van der Waals surface area contributed by atoms with E-state index in [4.69, 9.17) is 9.84 Å². The molecule has 6 nitrogen and oxygen atoms in total. The van der Waals surface area contributed by atoms with E-state index in [0.29, 0.717) is 37.7 Å². The molecule has 2 heterocycles. The van der Waals surface area contributed by atoms with E-state index in [9.17, 15) is 4.79 Å². The summed E-state index contributed by atoms with van der Waals surface area (Å²) in [5.74, 6) is 0.609. The zero-order valence-corrected chi connectivity index (χ0v) is 15.7. The molecular weight excluding hydrogens is 318 g/mol.